The highest BCUT2D eigenvalue weighted by molar-refractivity contribution is 7.89. The van der Waals surface area contributed by atoms with E-state index < -0.39 is 10.0 Å². The zero-order valence-electron chi connectivity index (χ0n) is 18.2. The molecule has 0 aliphatic rings. The Morgan fingerprint density at radius 2 is 1.97 bits per heavy atom. The molecule has 1 atom stereocenters. The van der Waals surface area contributed by atoms with Crippen molar-refractivity contribution < 1.29 is 17.9 Å². The second kappa shape index (κ2) is 13.5. The lowest BCUT2D eigenvalue weighted by atomic mass is 10.0. The lowest BCUT2D eigenvalue weighted by Crippen LogP contribution is -2.39. The average Bonchev–Trinajstić information content (AvgIpc) is 2.70. The first-order valence-electron chi connectivity index (χ1n) is 9.97. The Morgan fingerprint density at radius 1 is 1.21 bits per heavy atom. The molecular weight excluding hydrogens is 392 g/mol. The maximum absolute atomic E-state index is 12.3. The number of ether oxygens (including phenoxy) is 2. The quantitative estimate of drug-likeness (QED) is 0.251. The molecule has 3 N–H and O–H groups in total. The maximum Gasteiger partial charge on any atom is 0.240 e. The maximum atomic E-state index is 12.3. The molecule has 166 valence electrons. The van der Waals surface area contributed by atoms with Crippen LogP contribution in [0, 0.1) is 5.92 Å². The summed E-state index contributed by atoms with van der Waals surface area (Å²) in [5.41, 5.74) is 0.844. The van der Waals surface area contributed by atoms with Gasteiger partial charge in [-0.3, -0.25) is 4.99 Å². The van der Waals surface area contributed by atoms with Crippen molar-refractivity contribution in [2.75, 3.05) is 40.5 Å². The fourth-order valence-corrected chi connectivity index (χ4v) is 3.83. The predicted molar refractivity (Wildman–Crippen MR) is 117 cm³/mol. The molecule has 0 radical (unpaired) electrons. The molecule has 0 fully saturated rings. The van der Waals surface area contributed by atoms with Gasteiger partial charge < -0.3 is 20.1 Å². The number of hydrogen-bond acceptors (Lipinski definition) is 5. The van der Waals surface area contributed by atoms with Crippen LogP contribution >= 0.6 is 0 Å². The first-order chi connectivity index (χ1) is 13.8. The first kappa shape index (κ1) is 25.4. The monoisotopic (exact) mass is 428 g/mol. The van der Waals surface area contributed by atoms with E-state index in [-0.39, 0.29) is 17.5 Å². The summed E-state index contributed by atoms with van der Waals surface area (Å²) in [6.07, 6.45) is 1.09. The van der Waals surface area contributed by atoms with E-state index in [1.54, 1.807) is 25.2 Å². The van der Waals surface area contributed by atoms with Crippen molar-refractivity contribution in [1.29, 1.82) is 0 Å². The third-order valence-corrected chi connectivity index (χ3v) is 5.79. The van der Waals surface area contributed by atoms with E-state index in [1.165, 1.54) is 7.11 Å². The van der Waals surface area contributed by atoms with Crippen molar-refractivity contribution in [1.82, 2.24) is 15.4 Å². The van der Waals surface area contributed by atoms with Crippen molar-refractivity contribution in [2.24, 2.45) is 10.9 Å². The number of hydrogen-bond donors (Lipinski definition) is 3. The lowest BCUT2D eigenvalue weighted by Gasteiger charge is -2.21. The van der Waals surface area contributed by atoms with E-state index in [0.717, 1.165) is 18.5 Å². The van der Waals surface area contributed by atoms with E-state index >= 15 is 0 Å². The van der Waals surface area contributed by atoms with E-state index in [4.69, 9.17) is 9.47 Å². The Morgan fingerprint density at radius 3 is 2.59 bits per heavy atom. The summed E-state index contributed by atoms with van der Waals surface area (Å²) in [7, 11) is -0.318. The van der Waals surface area contributed by atoms with Gasteiger partial charge in [0, 0.05) is 40.4 Å². The molecule has 0 aromatic heterocycles. The minimum absolute atomic E-state index is 0.207. The van der Waals surface area contributed by atoms with E-state index in [1.807, 2.05) is 13.0 Å². The number of methoxy groups -OCH3 is 1. The summed E-state index contributed by atoms with van der Waals surface area (Å²) in [6.45, 7) is 8.76. The Bertz CT molecular complexity index is 723. The molecule has 0 aliphatic carbocycles. The van der Waals surface area contributed by atoms with Crippen LogP contribution in [0.15, 0.2) is 34.2 Å². The Kier molecular flexibility index (Phi) is 11.8. The molecule has 1 aromatic rings. The van der Waals surface area contributed by atoms with Gasteiger partial charge in [-0.05, 0) is 37.0 Å². The zero-order valence-corrected chi connectivity index (χ0v) is 19.0. The van der Waals surface area contributed by atoms with Crippen LogP contribution in [0.3, 0.4) is 0 Å². The van der Waals surface area contributed by atoms with Crippen LogP contribution in [0.4, 0.5) is 0 Å². The van der Waals surface area contributed by atoms with Crippen LogP contribution in [-0.2, 0) is 26.0 Å². The lowest BCUT2D eigenvalue weighted by molar-refractivity contribution is 0.0258. The fraction of sp³-hybridized carbons (Fsp3) is 0.650. The topological polar surface area (TPSA) is 101 Å². The Labute approximate surface area is 175 Å². The highest BCUT2D eigenvalue weighted by Crippen LogP contribution is 2.12. The number of nitrogens with one attached hydrogen (secondary N) is 3. The van der Waals surface area contributed by atoms with Gasteiger partial charge >= 0.3 is 0 Å². The average molecular weight is 429 g/mol. The number of benzene rings is 1. The largest absolute Gasteiger partial charge is 0.383 e. The standard InChI is InChI=1S/C20H36N4O4S/c1-6-28-19(16(2)3)10-11-22-20(21-4)23-15-17-8-7-9-18(14-17)29(25,26)24-12-13-27-5/h7-9,14,16,19,24H,6,10-13,15H2,1-5H3,(H2,21,22,23). The summed E-state index contributed by atoms with van der Waals surface area (Å²) in [5, 5.41) is 6.49. The summed E-state index contributed by atoms with van der Waals surface area (Å²) in [6, 6.07) is 6.83. The molecule has 0 saturated heterocycles. The van der Waals surface area contributed by atoms with Gasteiger partial charge in [-0.15, -0.1) is 0 Å². The molecule has 0 heterocycles. The minimum Gasteiger partial charge on any atom is -0.383 e. The van der Waals surface area contributed by atoms with Crippen molar-refractivity contribution in [3.05, 3.63) is 29.8 Å². The van der Waals surface area contributed by atoms with E-state index in [0.29, 0.717) is 31.6 Å². The first-order valence-corrected chi connectivity index (χ1v) is 11.5. The number of rotatable bonds is 13. The molecule has 29 heavy (non-hydrogen) atoms. The minimum atomic E-state index is -3.55. The third-order valence-electron chi connectivity index (χ3n) is 4.34. The highest BCUT2D eigenvalue weighted by Gasteiger charge is 2.14. The summed E-state index contributed by atoms with van der Waals surface area (Å²) >= 11 is 0. The second-order valence-corrected chi connectivity index (χ2v) is 8.68. The molecule has 9 heteroatoms. The van der Waals surface area contributed by atoms with Crippen LogP contribution in [0.5, 0.6) is 0 Å². The summed E-state index contributed by atoms with van der Waals surface area (Å²) < 4.78 is 37.8. The van der Waals surface area contributed by atoms with Crippen molar-refractivity contribution >= 4 is 16.0 Å². The van der Waals surface area contributed by atoms with Gasteiger partial charge in [0.2, 0.25) is 10.0 Å². The number of aliphatic imine (C=N–C) groups is 1. The van der Waals surface area contributed by atoms with Crippen molar-refractivity contribution in [2.45, 2.75) is 44.7 Å². The number of nitrogens with zero attached hydrogens (tertiary/aromatic N) is 1. The van der Waals surface area contributed by atoms with Crippen LogP contribution in [0.25, 0.3) is 0 Å². The third kappa shape index (κ3) is 9.58. The van der Waals surface area contributed by atoms with Crippen molar-refractivity contribution in [3.8, 4) is 0 Å². The SMILES string of the molecule is CCOC(CCNC(=NC)NCc1cccc(S(=O)(=O)NCCOC)c1)C(C)C. The molecular formula is C20H36N4O4S. The van der Waals surface area contributed by atoms with Gasteiger partial charge in [-0.2, -0.15) is 0 Å². The van der Waals surface area contributed by atoms with Gasteiger partial charge in [0.05, 0.1) is 17.6 Å². The summed E-state index contributed by atoms with van der Waals surface area (Å²) in [4.78, 5) is 4.45. The molecule has 8 nitrogen and oxygen atoms in total. The molecule has 0 bridgehead atoms. The highest BCUT2D eigenvalue weighted by atomic mass is 32.2. The smallest absolute Gasteiger partial charge is 0.240 e. The molecule has 0 spiro atoms. The predicted octanol–water partition coefficient (Wildman–Crippen LogP) is 1.73. The molecule has 1 aromatic carbocycles. The van der Waals surface area contributed by atoms with E-state index in [9.17, 15) is 8.42 Å². The van der Waals surface area contributed by atoms with E-state index in [2.05, 4.69) is 34.2 Å². The molecule has 0 aliphatic heterocycles. The normalized spacial score (nSPS) is 13.5. The second-order valence-electron chi connectivity index (χ2n) is 6.92. The Hall–Kier alpha value is -1.68. The zero-order chi connectivity index (χ0) is 21.7. The van der Waals surface area contributed by atoms with Gasteiger partial charge in [-0.25, -0.2) is 13.1 Å². The van der Waals surface area contributed by atoms with Crippen LogP contribution < -0.4 is 15.4 Å². The van der Waals surface area contributed by atoms with Crippen molar-refractivity contribution in [3.63, 3.8) is 0 Å². The van der Waals surface area contributed by atoms with Crippen LogP contribution in [0.1, 0.15) is 32.8 Å². The van der Waals surface area contributed by atoms with Gasteiger partial charge in [0.15, 0.2) is 5.96 Å². The van der Waals surface area contributed by atoms with Gasteiger partial charge in [0.1, 0.15) is 0 Å². The summed E-state index contributed by atoms with van der Waals surface area (Å²) in [5.74, 6) is 1.12. The molecule has 0 amide bonds. The Balaban J connectivity index is 2.58. The molecule has 1 unspecified atom stereocenters. The number of guanidine groups is 1. The van der Waals surface area contributed by atoms with Gasteiger partial charge in [-0.1, -0.05) is 26.0 Å². The fourth-order valence-electron chi connectivity index (χ4n) is 2.75. The van der Waals surface area contributed by atoms with Gasteiger partial charge in [0.25, 0.3) is 0 Å². The van der Waals surface area contributed by atoms with Crippen LogP contribution in [-0.4, -0.2) is 60.9 Å². The molecule has 1 rings (SSSR count). The number of sulfonamides is 1. The van der Waals surface area contributed by atoms with Crippen LogP contribution in [0.2, 0.25) is 0 Å². The molecule has 0 saturated carbocycles.